The number of nitrogen functional groups attached to an aromatic ring is 1. The van der Waals surface area contributed by atoms with Crippen LogP contribution in [0.15, 0.2) is 53.6 Å². The van der Waals surface area contributed by atoms with Crippen LogP contribution in [-0.4, -0.2) is 33.3 Å². The Bertz CT molecular complexity index is 1300. The number of hydrogen-bond acceptors (Lipinski definition) is 5. The number of hydrogen-bond donors (Lipinski definition) is 2. The molecule has 0 fully saturated rings. The maximum Gasteiger partial charge on any atom is 0.257 e. The molecule has 7 nitrogen and oxygen atoms in total. The molecule has 8 heteroatoms. The second-order valence-electron chi connectivity index (χ2n) is 7.92. The van der Waals surface area contributed by atoms with Crippen molar-refractivity contribution in [3.63, 3.8) is 0 Å². The number of benzene rings is 2. The van der Waals surface area contributed by atoms with Crippen LogP contribution in [0, 0.1) is 0 Å². The maximum atomic E-state index is 13.1. The number of nitrogens with one attached hydrogen (secondary N) is 1. The molecule has 0 aliphatic carbocycles. The molecule has 0 aliphatic heterocycles. The largest absolute Gasteiger partial charge is 0.383 e. The van der Waals surface area contributed by atoms with E-state index < -0.39 is 0 Å². The van der Waals surface area contributed by atoms with Gasteiger partial charge < -0.3 is 11.1 Å². The minimum Gasteiger partial charge on any atom is -0.383 e. The maximum absolute atomic E-state index is 13.1. The molecule has 0 bridgehead atoms. The summed E-state index contributed by atoms with van der Waals surface area (Å²) in [5.41, 5.74) is 9.82. The van der Waals surface area contributed by atoms with Crippen molar-refractivity contribution in [1.29, 1.82) is 0 Å². The number of fused-ring (bicyclic) bond motifs is 2. The average Bonchev–Trinajstić information content (AvgIpc) is 3.09. The van der Waals surface area contributed by atoms with Gasteiger partial charge in [0.25, 0.3) is 5.91 Å². The molecule has 170 valence electrons. The van der Waals surface area contributed by atoms with Crippen LogP contribution >= 0.6 is 11.6 Å². The number of rotatable bonds is 9. The summed E-state index contributed by atoms with van der Waals surface area (Å²) in [5, 5.41) is 8.14. The first-order valence-electron chi connectivity index (χ1n) is 11.2. The molecule has 0 spiro atoms. The number of unbranched alkanes of at least 4 members (excludes halogenated alkanes) is 4. The van der Waals surface area contributed by atoms with E-state index in [9.17, 15) is 4.79 Å². The van der Waals surface area contributed by atoms with Crippen LogP contribution in [0.2, 0.25) is 5.02 Å². The summed E-state index contributed by atoms with van der Waals surface area (Å²) in [5.74, 6) is -0.0629. The van der Waals surface area contributed by atoms with Crippen LogP contribution in [0.3, 0.4) is 0 Å². The van der Waals surface area contributed by atoms with Gasteiger partial charge in [0.05, 0.1) is 17.2 Å². The van der Waals surface area contributed by atoms with Gasteiger partial charge in [0.15, 0.2) is 5.65 Å². The van der Waals surface area contributed by atoms with Crippen molar-refractivity contribution in [2.75, 3.05) is 12.3 Å². The molecule has 4 rings (SSSR count). The minimum absolute atomic E-state index is 0.203. The summed E-state index contributed by atoms with van der Waals surface area (Å²) in [7, 11) is 0. The number of nitrogens with zero attached hydrogens (tertiary/aromatic N) is 4. The van der Waals surface area contributed by atoms with E-state index in [0.717, 1.165) is 18.4 Å². The Balaban J connectivity index is 1.69. The molecule has 4 aromatic rings. The van der Waals surface area contributed by atoms with Crippen molar-refractivity contribution >= 4 is 51.7 Å². The number of amides is 1. The Hall–Kier alpha value is -3.45. The number of carbonyl (C=O) groups excluding carboxylic acids is 1. The third-order valence-corrected chi connectivity index (χ3v) is 5.71. The van der Waals surface area contributed by atoms with E-state index in [4.69, 9.17) is 27.3 Å². The molecule has 0 saturated carbocycles. The van der Waals surface area contributed by atoms with E-state index in [2.05, 4.69) is 17.3 Å². The van der Waals surface area contributed by atoms with Gasteiger partial charge in [0, 0.05) is 11.6 Å². The lowest BCUT2D eigenvalue weighted by Gasteiger charge is -2.05. The van der Waals surface area contributed by atoms with Crippen LogP contribution in [0.1, 0.15) is 54.9 Å². The third-order valence-electron chi connectivity index (χ3n) is 5.46. The standard InChI is InChI=1S/C25H27ClN6O/c1-2-3-4-5-8-15-28-25(33)21-22-24(31-20-10-7-6-9-19(20)30-22)32(23(21)27)29-16-17-11-13-18(26)14-12-17/h6-7,9-14,16H,2-5,8,15,27H2,1H3,(H,28,33). The number of anilines is 1. The van der Waals surface area contributed by atoms with Crippen LogP contribution in [0.5, 0.6) is 0 Å². The Kier molecular flexibility index (Phi) is 7.19. The lowest BCUT2D eigenvalue weighted by Crippen LogP contribution is -2.25. The topological polar surface area (TPSA) is 98.2 Å². The van der Waals surface area contributed by atoms with Gasteiger partial charge in [-0.05, 0) is 36.2 Å². The molecule has 2 heterocycles. The van der Waals surface area contributed by atoms with Crippen molar-refractivity contribution in [1.82, 2.24) is 20.0 Å². The summed E-state index contributed by atoms with van der Waals surface area (Å²) in [6, 6.07) is 14.8. The summed E-state index contributed by atoms with van der Waals surface area (Å²) < 4.78 is 1.47. The fraction of sp³-hybridized carbons (Fsp3) is 0.280. The molecule has 3 N–H and O–H groups in total. The summed E-state index contributed by atoms with van der Waals surface area (Å²) in [6.45, 7) is 2.77. The quantitative estimate of drug-likeness (QED) is 0.257. The second-order valence-corrected chi connectivity index (χ2v) is 8.36. The van der Waals surface area contributed by atoms with Gasteiger partial charge >= 0.3 is 0 Å². The number of halogens is 1. The van der Waals surface area contributed by atoms with E-state index >= 15 is 0 Å². The first kappa shape index (κ1) is 22.7. The normalized spacial score (nSPS) is 11.6. The van der Waals surface area contributed by atoms with Crippen LogP contribution in [0.4, 0.5) is 5.82 Å². The SMILES string of the molecule is CCCCCCCNC(=O)c1c(N)n(N=Cc2ccc(Cl)cc2)c2nc3ccccc3nc12. The Morgan fingerprint density at radius 3 is 2.48 bits per heavy atom. The Morgan fingerprint density at radius 2 is 1.76 bits per heavy atom. The minimum atomic E-state index is -0.266. The molecule has 2 aromatic carbocycles. The molecule has 0 unspecified atom stereocenters. The van der Waals surface area contributed by atoms with Gasteiger partial charge in [-0.15, -0.1) is 0 Å². The predicted octanol–water partition coefficient (Wildman–Crippen LogP) is 5.40. The number of para-hydroxylation sites is 2. The van der Waals surface area contributed by atoms with E-state index in [1.165, 1.54) is 23.9 Å². The fourth-order valence-electron chi connectivity index (χ4n) is 3.68. The molecule has 2 aromatic heterocycles. The monoisotopic (exact) mass is 462 g/mol. The molecule has 0 atom stereocenters. The molecule has 0 radical (unpaired) electrons. The van der Waals surface area contributed by atoms with Crippen molar-refractivity contribution in [2.24, 2.45) is 5.10 Å². The number of aromatic nitrogens is 3. The van der Waals surface area contributed by atoms with Crippen molar-refractivity contribution in [2.45, 2.75) is 39.0 Å². The lowest BCUT2D eigenvalue weighted by atomic mass is 10.1. The molecule has 1 amide bonds. The van der Waals surface area contributed by atoms with E-state index in [1.54, 1.807) is 18.3 Å². The Morgan fingerprint density at radius 1 is 1.06 bits per heavy atom. The molecular formula is C25H27ClN6O. The van der Waals surface area contributed by atoms with Crippen LogP contribution in [-0.2, 0) is 0 Å². The summed E-state index contributed by atoms with van der Waals surface area (Å²) in [6.07, 6.45) is 7.23. The Labute approximate surface area is 197 Å². The molecular weight excluding hydrogens is 436 g/mol. The first-order chi connectivity index (χ1) is 16.1. The smallest absolute Gasteiger partial charge is 0.257 e. The highest BCUT2D eigenvalue weighted by molar-refractivity contribution is 6.30. The lowest BCUT2D eigenvalue weighted by molar-refractivity contribution is 0.0955. The molecule has 0 aliphatic rings. The summed E-state index contributed by atoms with van der Waals surface area (Å²) in [4.78, 5) is 22.5. The van der Waals surface area contributed by atoms with E-state index in [-0.39, 0.29) is 11.7 Å². The van der Waals surface area contributed by atoms with Gasteiger partial charge in [-0.2, -0.15) is 9.78 Å². The summed E-state index contributed by atoms with van der Waals surface area (Å²) >= 11 is 5.97. The zero-order valence-corrected chi connectivity index (χ0v) is 19.3. The zero-order chi connectivity index (χ0) is 23.2. The van der Waals surface area contributed by atoms with Crippen molar-refractivity contribution in [3.8, 4) is 0 Å². The average molecular weight is 463 g/mol. The highest BCUT2D eigenvalue weighted by atomic mass is 35.5. The van der Waals surface area contributed by atoms with Crippen LogP contribution in [0.25, 0.3) is 22.2 Å². The van der Waals surface area contributed by atoms with Gasteiger partial charge in [-0.25, -0.2) is 9.97 Å². The first-order valence-corrected chi connectivity index (χ1v) is 11.6. The van der Waals surface area contributed by atoms with Gasteiger partial charge in [0.1, 0.15) is 16.9 Å². The number of carbonyl (C=O) groups is 1. The molecule has 0 saturated heterocycles. The third kappa shape index (κ3) is 5.14. The number of nitrogens with two attached hydrogens (primary N) is 1. The van der Waals surface area contributed by atoms with Crippen LogP contribution < -0.4 is 11.1 Å². The van der Waals surface area contributed by atoms with E-state index in [0.29, 0.717) is 39.3 Å². The zero-order valence-electron chi connectivity index (χ0n) is 18.6. The highest BCUT2D eigenvalue weighted by Crippen LogP contribution is 2.28. The highest BCUT2D eigenvalue weighted by Gasteiger charge is 2.23. The fourth-order valence-corrected chi connectivity index (χ4v) is 3.81. The van der Waals surface area contributed by atoms with Crippen molar-refractivity contribution < 1.29 is 4.79 Å². The van der Waals surface area contributed by atoms with Gasteiger partial charge in [-0.1, -0.05) is 68.5 Å². The predicted molar refractivity (Wildman–Crippen MR) is 135 cm³/mol. The van der Waals surface area contributed by atoms with Gasteiger partial charge in [-0.3, -0.25) is 4.79 Å². The second kappa shape index (κ2) is 10.4. The van der Waals surface area contributed by atoms with Crippen molar-refractivity contribution in [3.05, 3.63) is 64.7 Å². The molecule has 33 heavy (non-hydrogen) atoms. The van der Waals surface area contributed by atoms with Gasteiger partial charge in [0.2, 0.25) is 0 Å². The van der Waals surface area contributed by atoms with E-state index in [1.807, 2.05) is 36.4 Å².